The van der Waals surface area contributed by atoms with Crippen molar-refractivity contribution >= 4 is 11.8 Å². The summed E-state index contributed by atoms with van der Waals surface area (Å²) in [6.07, 6.45) is 2.84. The van der Waals surface area contributed by atoms with Crippen LogP contribution in [0.4, 0.5) is 0 Å². The summed E-state index contributed by atoms with van der Waals surface area (Å²) in [4.78, 5) is 26.9. The summed E-state index contributed by atoms with van der Waals surface area (Å²) >= 11 is 0. The quantitative estimate of drug-likeness (QED) is 0.723. The smallest absolute Gasteiger partial charge is 0.244 e. The zero-order valence-corrected chi connectivity index (χ0v) is 10.1. The Morgan fingerprint density at radius 1 is 1.44 bits per heavy atom. The Labute approximate surface area is 96.6 Å². The average molecular weight is 227 g/mol. The Bertz CT molecular complexity index is 266. The van der Waals surface area contributed by atoms with Gasteiger partial charge in [0.15, 0.2) is 0 Å². The molecular weight excluding hydrogens is 206 g/mol. The summed E-state index contributed by atoms with van der Waals surface area (Å²) in [7, 11) is 3.45. The lowest BCUT2D eigenvalue weighted by atomic mass is 10.2. The molecule has 0 aliphatic carbocycles. The van der Waals surface area contributed by atoms with Crippen LogP contribution in [0.15, 0.2) is 0 Å². The normalized spacial score (nSPS) is 19.9. The first kappa shape index (κ1) is 13.0. The van der Waals surface area contributed by atoms with Crippen LogP contribution in [-0.2, 0) is 9.59 Å². The number of nitrogens with two attached hydrogens (primary N) is 1. The van der Waals surface area contributed by atoms with E-state index in [9.17, 15) is 9.59 Å². The van der Waals surface area contributed by atoms with Crippen LogP contribution in [0.2, 0.25) is 0 Å². The van der Waals surface area contributed by atoms with Crippen LogP contribution in [0.3, 0.4) is 0 Å². The molecule has 5 nitrogen and oxygen atoms in total. The molecule has 1 unspecified atom stereocenters. The molecule has 0 bridgehead atoms. The van der Waals surface area contributed by atoms with E-state index in [-0.39, 0.29) is 17.9 Å². The van der Waals surface area contributed by atoms with Crippen molar-refractivity contribution < 1.29 is 9.59 Å². The van der Waals surface area contributed by atoms with Crippen LogP contribution in [0, 0.1) is 0 Å². The van der Waals surface area contributed by atoms with Gasteiger partial charge in [0.05, 0.1) is 0 Å². The van der Waals surface area contributed by atoms with Crippen LogP contribution < -0.4 is 5.73 Å². The van der Waals surface area contributed by atoms with E-state index >= 15 is 0 Å². The lowest BCUT2D eigenvalue weighted by Gasteiger charge is -2.26. The highest BCUT2D eigenvalue weighted by molar-refractivity contribution is 5.88. The second-order valence-corrected chi connectivity index (χ2v) is 4.37. The van der Waals surface area contributed by atoms with E-state index in [0.717, 1.165) is 12.8 Å². The number of likely N-dealkylation sites (N-methyl/N-ethyl adjacent to an activating group) is 1. The zero-order chi connectivity index (χ0) is 12.1. The van der Waals surface area contributed by atoms with Gasteiger partial charge in [-0.05, 0) is 25.8 Å². The van der Waals surface area contributed by atoms with Crippen molar-refractivity contribution in [1.82, 2.24) is 9.80 Å². The van der Waals surface area contributed by atoms with Crippen LogP contribution in [-0.4, -0.2) is 54.8 Å². The molecule has 0 saturated carbocycles. The average Bonchev–Trinajstić information content (AvgIpc) is 2.73. The standard InChI is InChI=1S/C11H21N3O2/c1-13(2)11(16)9-5-4-8-14(9)10(15)6-3-7-12/h9H,3-8,12H2,1-2H3. The molecule has 0 spiro atoms. The second kappa shape index (κ2) is 5.84. The number of likely N-dealkylation sites (tertiary alicyclic amines) is 1. The summed E-state index contributed by atoms with van der Waals surface area (Å²) in [6.45, 7) is 1.22. The fraction of sp³-hybridized carbons (Fsp3) is 0.818. The minimum absolute atomic E-state index is 0.0265. The maximum Gasteiger partial charge on any atom is 0.244 e. The molecule has 1 aliphatic rings. The predicted octanol–water partition coefficient (Wildman–Crippen LogP) is -0.195. The number of rotatable bonds is 4. The molecule has 0 aromatic heterocycles. The van der Waals surface area contributed by atoms with Gasteiger partial charge in [-0.1, -0.05) is 0 Å². The Morgan fingerprint density at radius 2 is 2.12 bits per heavy atom. The number of hydrogen-bond donors (Lipinski definition) is 1. The van der Waals surface area contributed by atoms with Crippen molar-refractivity contribution in [3.8, 4) is 0 Å². The number of nitrogens with zero attached hydrogens (tertiary/aromatic N) is 2. The van der Waals surface area contributed by atoms with Gasteiger partial charge in [0.25, 0.3) is 0 Å². The summed E-state index contributed by atoms with van der Waals surface area (Å²) in [5.41, 5.74) is 5.37. The molecule has 5 heteroatoms. The Hall–Kier alpha value is -1.10. The monoisotopic (exact) mass is 227 g/mol. The van der Waals surface area contributed by atoms with Crippen LogP contribution in [0.25, 0.3) is 0 Å². The van der Waals surface area contributed by atoms with Crippen molar-refractivity contribution in [3.63, 3.8) is 0 Å². The van der Waals surface area contributed by atoms with E-state index in [2.05, 4.69) is 0 Å². The lowest BCUT2D eigenvalue weighted by Crippen LogP contribution is -2.45. The molecule has 0 radical (unpaired) electrons. The fourth-order valence-corrected chi connectivity index (χ4v) is 2.02. The Kier molecular flexibility index (Phi) is 4.73. The highest BCUT2D eigenvalue weighted by Crippen LogP contribution is 2.19. The van der Waals surface area contributed by atoms with Crippen LogP contribution in [0.5, 0.6) is 0 Å². The molecule has 2 amide bonds. The maximum absolute atomic E-state index is 11.8. The molecule has 1 atom stereocenters. The van der Waals surface area contributed by atoms with Crippen molar-refractivity contribution in [2.75, 3.05) is 27.2 Å². The first-order chi connectivity index (χ1) is 7.57. The molecule has 1 heterocycles. The van der Waals surface area contributed by atoms with E-state index < -0.39 is 0 Å². The fourth-order valence-electron chi connectivity index (χ4n) is 2.02. The van der Waals surface area contributed by atoms with Crippen LogP contribution >= 0.6 is 0 Å². The third kappa shape index (κ3) is 2.95. The number of amides is 2. The molecular formula is C11H21N3O2. The zero-order valence-electron chi connectivity index (χ0n) is 10.1. The Morgan fingerprint density at radius 3 is 2.69 bits per heavy atom. The second-order valence-electron chi connectivity index (χ2n) is 4.37. The van der Waals surface area contributed by atoms with Crippen molar-refractivity contribution in [1.29, 1.82) is 0 Å². The van der Waals surface area contributed by atoms with Gasteiger partial charge in [-0.3, -0.25) is 9.59 Å². The van der Waals surface area contributed by atoms with E-state index in [0.29, 0.717) is 25.9 Å². The summed E-state index contributed by atoms with van der Waals surface area (Å²) < 4.78 is 0. The van der Waals surface area contributed by atoms with Gasteiger partial charge in [-0.25, -0.2) is 0 Å². The first-order valence-corrected chi connectivity index (χ1v) is 5.78. The van der Waals surface area contributed by atoms with E-state index in [4.69, 9.17) is 5.73 Å². The minimum atomic E-state index is -0.250. The van der Waals surface area contributed by atoms with E-state index in [1.54, 1.807) is 23.9 Å². The third-order valence-corrected chi connectivity index (χ3v) is 2.89. The minimum Gasteiger partial charge on any atom is -0.347 e. The van der Waals surface area contributed by atoms with Gasteiger partial charge in [0, 0.05) is 27.1 Å². The number of carbonyl (C=O) groups is 2. The molecule has 1 fully saturated rings. The maximum atomic E-state index is 11.8. The summed E-state index contributed by atoms with van der Waals surface area (Å²) in [6, 6.07) is -0.250. The Balaban J connectivity index is 2.58. The predicted molar refractivity (Wildman–Crippen MR) is 61.7 cm³/mol. The number of hydrogen-bond acceptors (Lipinski definition) is 3. The van der Waals surface area contributed by atoms with Crippen molar-refractivity contribution in [2.45, 2.75) is 31.7 Å². The molecule has 0 aromatic carbocycles. The van der Waals surface area contributed by atoms with Gasteiger partial charge >= 0.3 is 0 Å². The molecule has 1 rings (SSSR count). The molecule has 16 heavy (non-hydrogen) atoms. The lowest BCUT2D eigenvalue weighted by molar-refractivity contribution is -0.142. The van der Waals surface area contributed by atoms with E-state index in [1.165, 1.54) is 0 Å². The highest BCUT2D eigenvalue weighted by atomic mass is 16.2. The van der Waals surface area contributed by atoms with Gasteiger partial charge in [-0.15, -0.1) is 0 Å². The van der Waals surface area contributed by atoms with Gasteiger partial charge in [0.2, 0.25) is 11.8 Å². The molecule has 1 aliphatic heterocycles. The van der Waals surface area contributed by atoms with Gasteiger partial charge < -0.3 is 15.5 Å². The third-order valence-electron chi connectivity index (χ3n) is 2.89. The van der Waals surface area contributed by atoms with Gasteiger partial charge in [0.1, 0.15) is 6.04 Å². The molecule has 92 valence electrons. The van der Waals surface area contributed by atoms with Crippen molar-refractivity contribution in [2.24, 2.45) is 5.73 Å². The molecule has 1 saturated heterocycles. The number of carbonyl (C=O) groups excluding carboxylic acids is 2. The van der Waals surface area contributed by atoms with Gasteiger partial charge in [-0.2, -0.15) is 0 Å². The summed E-state index contributed by atoms with van der Waals surface area (Å²) in [5.74, 6) is 0.0850. The topological polar surface area (TPSA) is 66.6 Å². The van der Waals surface area contributed by atoms with Crippen molar-refractivity contribution in [3.05, 3.63) is 0 Å². The first-order valence-electron chi connectivity index (χ1n) is 5.78. The SMILES string of the molecule is CN(C)C(=O)C1CCCN1C(=O)CCCN. The summed E-state index contributed by atoms with van der Waals surface area (Å²) in [5, 5.41) is 0. The van der Waals surface area contributed by atoms with Crippen LogP contribution in [0.1, 0.15) is 25.7 Å². The van der Waals surface area contributed by atoms with E-state index in [1.807, 2.05) is 0 Å². The largest absolute Gasteiger partial charge is 0.347 e. The molecule has 0 aromatic rings. The highest BCUT2D eigenvalue weighted by Gasteiger charge is 2.34. The molecule has 2 N–H and O–H groups in total.